The number of carbonyl (C=O) groups excluding carboxylic acids is 1. The Balaban J connectivity index is 2.73. The lowest BCUT2D eigenvalue weighted by Gasteiger charge is -2.14. The summed E-state index contributed by atoms with van der Waals surface area (Å²) in [7, 11) is 0. The lowest BCUT2D eigenvalue weighted by molar-refractivity contribution is 0.223. The number of aliphatic hydroxyl groups excluding tert-OH is 1. The van der Waals surface area contributed by atoms with Crippen molar-refractivity contribution in [3.63, 3.8) is 0 Å². The SMILES string of the molecule is NC(=O)N[C@@H](CO)c1ccccc1. The third-order valence-corrected chi connectivity index (χ3v) is 1.70. The normalized spacial score (nSPS) is 12.1. The van der Waals surface area contributed by atoms with Crippen LogP contribution in [0.2, 0.25) is 0 Å². The molecule has 0 unspecified atom stereocenters. The molecule has 70 valence electrons. The predicted octanol–water partition coefficient (Wildman–Crippen LogP) is 0.388. The first-order chi connectivity index (χ1) is 6.24. The van der Waals surface area contributed by atoms with E-state index in [1.54, 1.807) is 0 Å². The average Bonchev–Trinajstić information content (AvgIpc) is 2.15. The molecular formula is C9H12N2O2. The Kier molecular flexibility index (Phi) is 3.28. The fraction of sp³-hybridized carbons (Fsp3) is 0.222. The number of hydrogen-bond donors (Lipinski definition) is 3. The summed E-state index contributed by atoms with van der Waals surface area (Å²) in [6.07, 6.45) is 0. The highest BCUT2D eigenvalue weighted by Gasteiger charge is 2.10. The van der Waals surface area contributed by atoms with Gasteiger partial charge >= 0.3 is 6.03 Å². The molecule has 0 aliphatic heterocycles. The highest BCUT2D eigenvalue weighted by atomic mass is 16.3. The van der Waals surface area contributed by atoms with E-state index >= 15 is 0 Å². The van der Waals surface area contributed by atoms with Gasteiger partial charge in [0.25, 0.3) is 0 Å². The van der Waals surface area contributed by atoms with Crippen LogP contribution in [0.3, 0.4) is 0 Å². The van der Waals surface area contributed by atoms with Crippen LogP contribution >= 0.6 is 0 Å². The second-order valence-corrected chi connectivity index (χ2v) is 2.65. The summed E-state index contributed by atoms with van der Waals surface area (Å²) in [6, 6.07) is 8.11. The molecule has 0 radical (unpaired) electrons. The van der Waals surface area contributed by atoms with Crippen LogP contribution in [0.1, 0.15) is 11.6 Å². The Labute approximate surface area is 76.4 Å². The zero-order valence-electron chi connectivity index (χ0n) is 7.10. The van der Waals surface area contributed by atoms with Crippen molar-refractivity contribution in [3.8, 4) is 0 Å². The zero-order valence-corrected chi connectivity index (χ0v) is 7.10. The molecule has 4 N–H and O–H groups in total. The molecule has 0 saturated carbocycles. The van der Waals surface area contributed by atoms with Gasteiger partial charge < -0.3 is 16.2 Å². The maximum atomic E-state index is 10.5. The number of rotatable bonds is 3. The minimum absolute atomic E-state index is 0.160. The summed E-state index contributed by atoms with van der Waals surface area (Å²) in [5.41, 5.74) is 5.78. The van der Waals surface area contributed by atoms with Crippen LogP contribution in [-0.2, 0) is 0 Å². The molecule has 0 saturated heterocycles. The lowest BCUT2D eigenvalue weighted by atomic mass is 10.1. The van der Waals surface area contributed by atoms with Crippen molar-refractivity contribution in [1.29, 1.82) is 0 Å². The quantitative estimate of drug-likeness (QED) is 0.629. The second kappa shape index (κ2) is 4.47. The molecule has 13 heavy (non-hydrogen) atoms. The van der Waals surface area contributed by atoms with E-state index in [1.165, 1.54) is 0 Å². The molecule has 0 aliphatic carbocycles. The Bertz CT molecular complexity index is 274. The minimum atomic E-state index is -0.636. The third kappa shape index (κ3) is 2.76. The maximum Gasteiger partial charge on any atom is 0.312 e. The molecule has 0 aliphatic rings. The number of aliphatic hydroxyl groups is 1. The molecule has 0 heterocycles. The van der Waals surface area contributed by atoms with Crippen LogP contribution < -0.4 is 11.1 Å². The van der Waals surface area contributed by atoms with E-state index in [1.807, 2.05) is 30.3 Å². The first-order valence-electron chi connectivity index (χ1n) is 3.96. The molecule has 0 bridgehead atoms. The average molecular weight is 180 g/mol. The van der Waals surface area contributed by atoms with E-state index in [0.29, 0.717) is 0 Å². The van der Waals surface area contributed by atoms with Gasteiger partial charge in [-0.3, -0.25) is 0 Å². The van der Waals surface area contributed by atoms with E-state index in [0.717, 1.165) is 5.56 Å². The number of carbonyl (C=O) groups is 1. The third-order valence-electron chi connectivity index (χ3n) is 1.70. The number of amides is 2. The summed E-state index contributed by atoms with van der Waals surface area (Å²) < 4.78 is 0. The fourth-order valence-electron chi connectivity index (χ4n) is 1.09. The first kappa shape index (κ1) is 9.54. The van der Waals surface area contributed by atoms with Crippen LogP contribution in [0.25, 0.3) is 0 Å². The largest absolute Gasteiger partial charge is 0.394 e. The topological polar surface area (TPSA) is 75.4 Å². The molecule has 2 amide bonds. The van der Waals surface area contributed by atoms with Crippen LogP contribution in [0.15, 0.2) is 30.3 Å². The Morgan fingerprint density at radius 2 is 2.08 bits per heavy atom. The van der Waals surface area contributed by atoms with Crippen LogP contribution in [-0.4, -0.2) is 17.7 Å². The number of nitrogens with one attached hydrogen (secondary N) is 1. The summed E-state index contributed by atoms with van der Waals surface area (Å²) >= 11 is 0. The smallest absolute Gasteiger partial charge is 0.312 e. The summed E-state index contributed by atoms with van der Waals surface area (Å²) in [4.78, 5) is 10.5. The first-order valence-corrected chi connectivity index (χ1v) is 3.96. The molecule has 0 aromatic heterocycles. The highest BCUT2D eigenvalue weighted by Crippen LogP contribution is 2.10. The lowest BCUT2D eigenvalue weighted by Crippen LogP contribution is -2.34. The van der Waals surface area contributed by atoms with Gasteiger partial charge in [0.15, 0.2) is 0 Å². The predicted molar refractivity (Wildman–Crippen MR) is 49.0 cm³/mol. The van der Waals surface area contributed by atoms with Crippen molar-refractivity contribution >= 4 is 6.03 Å². The van der Waals surface area contributed by atoms with Gasteiger partial charge in [-0.05, 0) is 5.56 Å². The van der Waals surface area contributed by atoms with Crippen LogP contribution in [0.5, 0.6) is 0 Å². The van der Waals surface area contributed by atoms with Crippen molar-refractivity contribution in [1.82, 2.24) is 5.32 Å². The standard InChI is InChI=1S/C9H12N2O2/c10-9(13)11-8(6-12)7-4-2-1-3-5-7/h1-5,8,12H,6H2,(H3,10,11,13)/t8-/m0/s1. The number of benzene rings is 1. The Morgan fingerprint density at radius 1 is 1.46 bits per heavy atom. The zero-order chi connectivity index (χ0) is 9.68. The number of urea groups is 1. The molecule has 1 aromatic rings. The molecule has 4 nitrogen and oxygen atoms in total. The Morgan fingerprint density at radius 3 is 2.54 bits per heavy atom. The van der Waals surface area contributed by atoms with E-state index in [2.05, 4.69) is 5.32 Å². The van der Waals surface area contributed by atoms with Crippen molar-refractivity contribution in [2.75, 3.05) is 6.61 Å². The summed E-state index contributed by atoms with van der Waals surface area (Å²) in [5.74, 6) is 0. The van der Waals surface area contributed by atoms with Gasteiger partial charge in [0.1, 0.15) is 0 Å². The second-order valence-electron chi connectivity index (χ2n) is 2.65. The molecule has 0 spiro atoms. The Hall–Kier alpha value is -1.55. The summed E-state index contributed by atoms with van der Waals surface area (Å²) in [5, 5.41) is 11.4. The van der Waals surface area contributed by atoms with Crippen LogP contribution in [0.4, 0.5) is 4.79 Å². The van der Waals surface area contributed by atoms with Gasteiger partial charge in [0.2, 0.25) is 0 Å². The van der Waals surface area contributed by atoms with Crippen molar-refractivity contribution in [3.05, 3.63) is 35.9 Å². The van der Waals surface area contributed by atoms with E-state index in [-0.39, 0.29) is 6.61 Å². The molecule has 4 heteroatoms. The van der Waals surface area contributed by atoms with E-state index in [4.69, 9.17) is 10.8 Å². The molecule has 1 rings (SSSR count). The van der Waals surface area contributed by atoms with Gasteiger partial charge in [0, 0.05) is 0 Å². The molecule has 1 atom stereocenters. The number of nitrogens with two attached hydrogens (primary N) is 1. The van der Waals surface area contributed by atoms with Gasteiger partial charge in [-0.1, -0.05) is 30.3 Å². The van der Waals surface area contributed by atoms with E-state index < -0.39 is 12.1 Å². The van der Waals surface area contributed by atoms with Gasteiger partial charge in [0.05, 0.1) is 12.6 Å². The minimum Gasteiger partial charge on any atom is -0.394 e. The van der Waals surface area contributed by atoms with Gasteiger partial charge in [-0.2, -0.15) is 0 Å². The molecule has 0 fully saturated rings. The molecule has 1 aromatic carbocycles. The van der Waals surface area contributed by atoms with Crippen molar-refractivity contribution in [2.45, 2.75) is 6.04 Å². The maximum absolute atomic E-state index is 10.5. The monoisotopic (exact) mass is 180 g/mol. The number of primary amides is 1. The molecular weight excluding hydrogens is 168 g/mol. The van der Waals surface area contributed by atoms with Crippen molar-refractivity contribution in [2.24, 2.45) is 5.73 Å². The van der Waals surface area contributed by atoms with Crippen molar-refractivity contribution < 1.29 is 9.90 Å². The fourth-order valence-corrected chi connectivity index (χ4v) is 1.09. The van der Waals surface area contributed by atoms with Crippen LogP contribution in [0, 0.1) is 0 Å². The van der Waals surface area contributed by atoms with Gasteiger partial charge in [-0.15, -0.1) is 0 Å². The highest BCUT2D eigenvalue weighted by molar-refractivity contribution is 5.72. The number of hydrogen-bond acceptors (Lipinski definition) is 2. The van der Waals surface area contributed by atoms with E-state index in [9.17, 15) is 4.79 Å². The van der Waals surface area contributed by atoms with Gasteiger partial charge in [-0.25, -0.2) is 4.79 Å². The summed E-state index contributed by atoms with van der Waals surface area (Å²) in [6.45, 7) is -0.160.